The average Bonchev–Trinajstić information content (AvgIpc) is 2.25. The number of rotatable bonds is 4. The number of carbonyl (C=O) groups excluding carboxylic acids is 1. The van der Waals surface area contributed by atoms with Crippen molar-refractivity contribution in [3.8, 4) is 0 Å². The number of amides is 1. The summed E-state index contributed by atoms with van der Waals surface area (Å²) in [4.78, 5) is 10.9. The summed E-state index contributed by atoms with van der Waals surface area (Å²) in [5, 5.41) is 11.2. The maximum absolute atomic E-state index is 12.5. The lowest BCUT2D eigenvalue weighted by Gasteiger charge is -2.13. The molecule has 6 heteroatoms. The lowest BCUT2D eigenvalue weighted by molar-refractivity contribution is -0.137. The molecule has 0 atom stereocenters. The zero-order chi connectivity index (χ0) is 13.8. The molecule has 0 saturated heterocycles. The van der Waals surface area contributed by atoms with Crippen molar-refractivity contribution in [1.82, 2.24) is 0 Å². The van der Waals surface area contributed by atoms with Gasteiger partial charge in [0.05, 0.1) is 5.56 Å². The van der Waals surface area contributed by atoms with Crippen LogP contribution in [0.2, 0.25) is 0 Å². The average molecular weight is 261 g/mol. The first kappa shape index (κ1) is 14.5. The predicted octanol–water partition coefficient (Wildman–Crippen LogP) is 2.59. The van der Waals surface area contributed by atoms with Crippen LogP contribution in [-0.2, 0) is 17.4 Å². The van der Waals surface area contributed by atoms with Crippen molar-refractivity contribution in [3.05, 3.63) is 29.3 Å². The summed E-state index contributed by atoms with van der Waals surface area (Å²) < 4.78 is 37.6. The molecule has 0 saturated carbocycles. The first-order chi connectivity index (χ1) is 8.34. The van der Waals surface area contributed by atoms with Crippen LogP contribution in [0.5, 0.6) is 0 Å². The SMILES string of the molecule is CC(=O)Nc1ccc(C(F)(F)F)cc1CCCO. The van der Waals surface area contributed by atoms with Crippen LogP contribution in [-0.4, -0.2) is 17.6 Å². The summed E-state index contributed by atoms with van der Waals surface area (Å²) in [7, 11) is 0. The molecule has 1 rings (SSSR count). The van der Waals surface area contributed by atoms with Gasteiger partial charge in [-0.2, -0.15) is 13.2 Å². The monoisotopic (exact) mass is 261 g/mol. The molecular formula is C12H14F3NO2. The molecule has 0 fully saturated rings. The summed E-state index contributed by atoms with van der Waals surface area (Å²) in [6.07, 6.45) is -3.80. The molecule has 0 aliphatic carbocycles. The van der Waals surface area contributed by atoms with Gasteiger partial charge in [-0.1, -0.05) is 0 Å². The largest absolute Gasteiger partial charge is 0.416 e. The molecular weight excluding hydrogens is 247 g/mol. The highest BCUT2D eigenvalue weighted by Crippen LogP contribution is 2.32. The van der Waals surface area contributed by atoms with E-state index in [9.17, 15) is 18.0 Å². The van der Waals surface area contributed by atoms with E-state index >= 15 is 0 Å². The Balaban J connectivity index is 3.07. The van der Waals surface area contributed by atoms with Gasteiger partial charge in [0.2, 0.25) is 5.91 Å². The number of hydrogen-bond donors (Lipinski definition) is 2. The summed E-state index contributed by atoms with van der Waals surface area (Å²) >= 11 is 0. The van der Waals surface area contributed by atoms with E-state index in [4.69, 9.17) is 5.11 Å². The molecule has 1 aromatic carbocycles. The fourth-order valence-electron chi connectivity index (χ4n) is 1.56. The summed E-state index contributed by atoms with van der Waals surface area (Å²) in [5.74, 6) is -0.347. The molecule has 0 aliphatic rings. The maximum Gasteiger partial charge on any atom is 0.416 e. The minimum atomic E-state index is -4.41. The second-order valence-corrected chi connectivity index (χ2v) is 3.88. The van der Waals surface area contributed by atoms with E-state index in [0.29, 0.717) is 17.7 Å². The van der Waals surface area contributed by atoms with Gasteiger partial charge in [-0.25, -0.2) is 0 Å². The molecule has 2 N–H and O–H groups in total. The number of halogens is 3. The highest BCUT2D eigenvalue weighted by molar-refractivity contribution is 5.89. The third-order valence-corrected chi connectivity index (χ3v) is 2.35. The molecule has 0 spiro atoms. The van der Waals surface area contributed by atoms with Crippen molar-refractivity contribution in [2.24, 2.45) is 0 Å². The van der Waals surface area contributed by atoms with Gasteiger partial charge in [-0.3, -0.25) is 4.79 Å². The van der Waals surface area contributed by atoms with E-state index in [1.807, 2.05) is 0 Å². The smallest absolute Gasteiger partial charge is 0.396 e. The van der Waals surface area contributed by atoms with E-state index < -0.39 is 11.7 Å². The van der Waals surface area contributed by atoms with Gasteiger partial charge in [0.15, 0.2) is 0 Å². The third kappa shape index (κ3) is 4.03. The van der Waals surface area contributed by atoms with Crippen molar-refractivity contribution in [1.29, 1.82) is 0 Å². The minimum Gasteiger partial charge on any atom is -0.396 e. The molecule has 0 aromatic heterocycles. The Morgan fingerprint density at radius 2 is 2.06 bits per heavy atom. The number of anilines is 1. The van der Waals surface area contributed by atoms with Crippen LogP contribution < -0.4 is 5.32 Å². The van der Waals surface area contributed by atoms with Gasteiger partial charge in [-0.15, -0.1) is 0 Å². The Bertz CT molecular complexity index is 430. The van der Waals surface area contributed by atoms with Crippen molar-refractivity contribution >= 4 is 11.6 Å². The fourth-order valence-corrected chi connectivity index (χ4v) is 1.56. The Morgan fingerprint density at radius 1 is 1.39 bits per heavy atom. The second-order valence-electron chi connectivity index (χ2n) is 3.88. The highest BCUT2D eigenvalue weighted by atomic mass is 19.4. The van der Waals surface area contributed by atoms with Crippen LogP contribution in [0.1, 0.15) is 24.5 Å². The van der Waals surface area contributed by atoms with Gasteiger partial charge in [-0.05, 0) is 36.6 Å². The van der Waals surface area contributed by atoms with Crippen LogP contribution in [0, 0.1) is 0 Å². The Hall–Kier alpha value is -1.56. The summed E-state index contributed by atoms with van der Waals surface area (Å²) in [5.41, 5.74) is -0.0393. The van der Waals surface area contributed by atoms with Crippen LogP contribution in [0.25, 0.3) is 0 Å². The van der Waals surface area contributed by atoms with Crippen molar-refractivity contribution in [2.45, 2.75) is 25.9 Å². The molecule has 3 nitrogen and oxygen atoms in total. The zero-order valence-corrected chi connectivity index (χ0v) is 9.84. The fraction of sp³-hybridized carbons (Fsp3) is 0.417. The quantitative estimate of drug-likeness (QED) is 0.875. The number of hydrogen-bond acceptors (Lipinski definition) is 2. The number of benzene rings is 1. The topological polar surface area (TPSA) is 49.3 Å². The van der Waals surface area contributed by atoms with E-state index in [1.165, 1.54) is 13.0 Å². The number of aliphatic hydroxyl groups is 1. The molecule has 0 aliphatic heterocycles. The van der Waals surface area contributed by atoms with E-state index in [1.54, 1.807) is 0 Å². The van der Waals surface area contributed by atoms with Crippen LogP contribution in [0.15, 0.2) is 18.2 Å². The summed E-state index contributed by atoms with van der Waals surface area (Å²) in [6, 6.07) is 3.16. The van der Waals surface area contributed by atoms with Gasteiger partial charge >= 0.3 is 6.18 Å². The van der Waals surface area contributed by atoms with Crippen LogP contribution >= 0.6 is 0 Å². The highest BCUT2D eigenvalue weighted by Gasteiger charge is 2.30. The summed E-state index contributed by atoms with van der Waals surface area (Å²) in [6.45, 7) is 1.17. The zero-order valence-electron chi connectivity index (χ0n) is 9.84. The Morgan fingerprint density at radius 3 is 2.56 bits per heavy atom. The molecule has 0 bridgehead atoms. The van der Waals surface area contributed by atoms with Crippen LogP contribution in [0.3, 0.4) is 0 Å². The number of nitrogens with one attached hydrogen (secondary N) is 1. The molecule has 0 radical (unpaired) electrons. The molecule has 1 aromatic rings. The number of alkyl halides is 3. The van der Waals surface area contributed by atoms with E-state index in [0.717, 1.165) is 12.1 Å². The first-order valence-corrected chi connectivity index (χ1v) is 5.43. The second kappa shape index (κ2) is 5.86. The van der Waals surface area contributed by atoms with E-state index in [2.05, 4.69) is 5.32 Å². The Kier molecular flexibility index (Phi) is 4.72. The van der Waals surface area contributed by atoms with E-state index in [-0.39, 0.29) is 18.9 Å². The standard InChI is InChI=1S/C12H14F3NO2/c1-8(18)16-11-5-4-10(12(13,14)15)7-9(11)3-2-6-17/h4-5,7,17H,2-3,6H2,1H3,(H,16,18). The normalized spacial score (nSPS) is 11.4. The molecule has 1 amide bonds. The number of aliphatic hydroxyl groups excluding tert-OH is 1. The Labute approximate surface area is 103 Å². The minimum absolute atomic E-state index is 0.115. The molecule has 18 heavy (non-hydrogen) atoms. The van der Waals surface area contributed by atoms with Crippen molar-refractivity contribution in [2.75, 3.05) is 11.9 Å². The van der Waals surface area contributed by atoms with Crippen LogP contribution in [0.4, 0.5) is 18.9 Å². The lowest BCUT2D eigenvalue weighted by atomic mass is 10.0. The lowest BCUT2D eigenvalue weighted by Crippen LogP contribution is -2.11. The predicted molar refractivity (Wildman–Crippen MR) is 61.2 cm³/mol. The number of aryl methyl sites for hydroxylation is 1. The number of carbonyl (C=O) groups is 1. The first-order valence-electron chi connectivity index (χ1n) is 5.43. The molecule has 100 valence electrons. The van der Waals surface area contributed by atoms with Gasteiger partial charge < -0.3 is 10.4 Å². The van der Waals surface area contributed by atoms with Gasteiger partial charge in [0, 0.05) is 19.2 Å². The van der Waals surface area contributed by atoms with Gasteiger partial charge in [0.1, 0.15) is 0 Å². The van der Waals surface area contributed by atoms with Crippen molar-refractivity contribution < 1.29 is 23.1 Å². The third-order valence-electron chi connectivity index (χ3n) is 2.35. The maximum atomic E-state index is 12.5. The molecule has 0 unspecified atom stereocenters. The van der Waals surface area contributed by atoms with Crippen molar-refractivity contribution in [3.63, 3.8) is 0 Å². The molecule has 0 heterocycles. The van der Waals surface area contributed by atoms with Gasteiger partial charge in [0.25, 0.3) is 0 Å².